The highest BCUT2D eigenvalue weighted by molar-refractivity contribution is 5.57. The molecule has 1 aromatic carbocycles. The van der Waals surface area contributed by atoms with E-state index in [1.807, 2.05) is 0 Å². The first-order valence-electron chi connectivity index (χ1n) is 6.13. The molecule has 17 heavy (non-hydrogen) atoms. The summed E-state index contributed by atoms with van der Waals surface area (Å²) in [5.74, 6) is -0.0457. The molecule has 92 valence electrons. The molecule has 1 aliphatic heterocycles. The molecule has 0 amide bonds. The van der Waals surface area contributed by atoms with Gasteiger partial charge in [0.25, 0.3) is 0 Å². The fourth-order valence-electron chi connectivity index (χ4n) is 3.24. The summed E-state index contributed by atoms with van der Waals surface area (Å²) in [6, 6.07) is 1.89. The van der Waals surface area contributed by atoms with Crippen molar-refractivity contribution in [1.29, 1.82) is 0 Å². The van der Waals surface area contributed by atoms with E-state index in [1.165, 1.54) is 0 Å². The molecule has 1 aliphatic carbocycles. The van der Waals surface area contributed by atoms with Crippen LogP contribution >= 0.6 is 0 Å². The van der Waals surface area contributed by atoms with Crippen LogP contribution in [-0.2, 0) is 6.42 Å². The van der Waals surface area contributed by atoms with E-state index in [-0.39, 0.29) is 17.5 Å². The molecule has 0 bridgehead atoms. The van der Waals surface area contributed by atoms with Gasteiger partial charge in [-0.05, 0) is 43.5 Å². The third kappa shape index (κ3) is 1.44. The normalized spacial score (nSPS) is 27.9. The van der Waals surface area contributed by atoms with Crippen molar-refractivity contribution >= 4 is 0 Å². The van der Waals surface area contributed by atoms with Crippen molar-refractivity contribution in [3.63, 3.8) is 0 Å². The highest BCUT2D eigenvalue weighted by atomic mass is 16.3. The maximum atomic E-state index is 10.0. The second-order valence-electron chi connectivity index (χ2n) is 5.16. The number of nitrogens with zero attached hydrogens (tertiary/aromatic N) is 1. The fourth-order valence-corrected chi connectivity index (χ4v) is 3.24. The summed E-state index contributed by atoms with van der Waals surface area (Å²) < 4.78 is 0. The Morgan fingerprint density at radius 3 is 2.82 bits per heavy atom. The lowest BCUT2D eigenvalue weighted by Gasteiger charge is -2.41. The molecule has 0 fully saturated rings. The molecule has 0 aromatic heterocycles. The smallest absolute Gasteiger partial charge is 0.162 e. The number of phenolic OH excluding ortho intramolecular Hbond substituents is 2. The second-order valence-corrected chi connectivity index (χ2v) is 5.16. The van der Waals surface area contributed by atoms with Gasteiger partial charge in [-0.1, -0.05) is 0 Å². The summed E-state index contributed by atoms with van der Waals surface area (Å²) >= 11 is 0. The van der Waals surface area contributed by atoms with Gasteiger partial charge in [0.1, 0.15) is 0 Å². The van der Waals surface area contributed by atoms with Gasteiger partial charge in [-0.2, -0.15) is 0 Å². The molecule has 0 saturated heterocycles. The minimum Gasteiger partial charge on any atom is -0.504 e. The highest BCUT2D eigenvalue weighted by Crippen LogP contribution is 2.48. The number of nitrogens with two attached hydrogens (primary N) is 1. The Labute approximate surface area is 101 Å². The third-order valence-corrected chi connectivity index (χ3v) is 4.17. The predicted molar refractivity (Wildman–Crippen MR) is 65.0 cm³/mol. The first-order chi connectivity index (χ1) is 8.09. The van der Waals surface area contributed by atoms with Crippen LogP contribution in [-0.4, -0.2) is 28.7 Å². The minimum atomic E-state index is -0.154. The van der Waals surface area contributed by atoms with Crippen LogP contribution in [0, 0.1) is 0 Å². The lowest BCUT2D eigenvalue weighted by Crippen LogP contribution is -2.36. The Hall–Kier alpha value is -1.26. The van der Waals surface area contributed by atoms with Crippen LogP contribution in [0.4, 0.5) is 0 Å². The maximum Gasteiger partial charge on any atom is 0.162 e. The number of hydrogen-bond acceptors (Lipinski definition) is 4. The second kappa shape index (κ2) is 3.62. The summed E-state index contributed by atoms with van der Waals surface area (Å²) in [7, 11) is 2.11. The van der Waals surface area contributed by atoms with Crippen molar-refractivity contribution < 1.29 is 10.2 Å². The molecule has 4 heteroatoms. The Kier molecular flexibility index (Phi) is 2.31. The third-order valence-electron chi connectivity index (χ3n) is 4.17. The number of rotatable bonds is 0. The summed E-state index contributed by atoms with van der Waals surface area (Å²) in [5, 5.41) is 19.8. The molecular formula is C13H18N2O2. The molecule has 2 unspecified atom stereocenters. The monoisotopic (exact) mass is 234 g/mol. The van der Waals surface area contributed by atoms with Crippen LogP contribution in [0.2, 0.25) is 0 Å². The van der Waals surface area contributed by atoms with Gasteiger partial charge in [0.15, 0.2) is 11.5 Å². The molecule has 4 N–H and O–H groups in total. The lowest BCUT2D eigenvalue weighted by atomic mass is 9.78. The minimum absolute atomic E-state index is 0.0174. The van der Waals surface area contributed by atoms with Gasteiger partial charge >= 0.3 is 0 Å². The van der Waals surface area contributed by atoms with Gasteiger partial charge in [-0.25, -0.2) is 0 Å². The molecule has 1 aromatic rings. The van der Waals surface area contributed by atoms with Gasteiger partial charge in [-0.15, -0.1) is 0 Å². The van der Waals surface area contributed by atoms with Crippen molar-refractivity contribution in [2.45, 2.75) is 31.3 Å². The van der Waals surface area contributed by atoms with Crippen LogP contribution in [0.3, 0.4) is 0 Å². The van der Waals surface area contributed by atoms with E-state index in [1.54, 1.807) is 6.07 Å². The van der Waals surface area contributed by atoms with Crippen molar-refractivity contribution in [3.05, 3.63) is 22.8 Å². The molecule has 2 atom stereocenters. The molecule has 2 aliphatic rings. The van der Waals surface area contributed by atoms with E-state index in [0.717, 1.165) is 42.5 Å². The number of benzene rings is 1. The maximum absolute atomic E-state index is 10.0. The molecule has 0 spiro atoms. The van der Waals surface area contributed by atoms with Gasteiger partial charge in [0.05, 0.1) is 0 Å². The van der Waals surface area contributed by atoms with E-state index >= 15 is 0 Å². The Bertz CT molecular complexity index is 473. The predicted octanol–water partition coefficient (Wildman–Crippen LogP) is 1.42. The van der Waals surface area contributed by atoms with E-state index in [2.05, 4.69) is 11.9 Å². The summed E-state index contributed by atoms with van der Waals surface area (Å²) in [5.41, 5.74) is 9.16. The zero-order valence-electron chi connectivity index (χ0n) is 9.98. The Morgan fingerprint density at radius 2 is 2.06 bits per heavy atom. The zero-order valence-corrected chi connectivity index (χ0v) is 9.98. The summed E-state index contributed by atoms with van der Waals surface area (Å²) in [6.07, 6.45) is 2.80. The topological polar surface area (TPSA) is 69.7 Å². The van der Waals surface area contributed by atoms with E-state index in [0.29, 0.717) is 6.04 Å². The standard InChI is InChI=1S/C13H18N2O2/c1-15-5-4-7-6-10(16)13(17)12-8(14)2-3-9(15)11(7)12/h6,8-9,16-17H,2-5,14H2,1H3. The molecular weight excluding hydrogens is 216 g/mol. The number of aromatic hydroxyl groups is 2. The molecule has 4 nitrogen and oxygen atoms in total. The van der Waals surface area contributed by atoms with E-state index in [4.69, 9.17) is 5.73 Å². The van der Waals surface area contributed by atoms with Gasteiger partial charge in [-0.3, -0.25) is 4.90 Å². The van der Waals surface area contributed by atoms with E-state index < -0.39 is 0 Å². The SMILES string of the molecule is CN1CCc2cc(O)c(O)c3c2C1CCC3N. The molecule has 0 radical (unpaired) electrons. The average Bonchev–Trinajstić information content (AvgIpc) is 2.30. The highest BCUT2D eigenvalue weighted by Gasteiger charge is 2.35. The van der Waals surface area contributed by atoms with Gasteiger partial charge in [0.2, 0.25) is 0 Å². The molecule has 3 rings (SSSR count). The summed E-state index contributed by atoms with van der Waals surface area (Å²) in [4.78, 5) is 2.31. The Morgan fingerprint density at radius 1 is 1.29 bits per heavy atom. The van der Waals surface area contributed by atoms with E-state index in [9.17, 15) is 10.2 Å². The van der Waals surface area contributed by atoms with Gasteiger partial charge in [0, 0.05) is 24.2 Å². The van der Waals surface area contributed by atoms with Crippen molar-refractivity contribution in [2.75, 3.05) is 13.6 Å². The van der Waals surface area contributed by atoms with Crippen molar-refractivity contribution in [1.82, 2.24) is 4.90 Å². The quantitative estimate of drug-likeness (QED) is 0.594. The lowest BCUT2D eigenvalue weighted by molar-refractivity contribution is 0.198. The van der Waals surface area contributed by atoms with Crippen molar-refractivity contribution in [3.8, 4) is 11.5 Å². The number of hydrogen-bond donors (Lipinski definition) is 3. The number of phenols is 2. The van der Waals surface area contributed by atoms with Crippen LogP contribution < -0.4 is 5.73 Å². The first-order valence-corrected chi connectivity index (χ1v) is 6.13. The zero-order chi connectivity index (χ0) is 12.2. The largest absolute Gasteiger partial charge is 0.504 e. The average molecular weight is 234 g/mol. The summed E-state index contributed by atoms with van der Waals surface area (Å²) in [6.45, 7) is 0.997. The van der Waals surface area contributed by atoms with Crippen LogP contribution in [0.1, 0.15) is 41.6 Å². The number of likely N-dealkylation sites (N-methyl/N-ethyl adjacent to an activating group) is 1. The van der Waals surface area contributed by atoms with Crippen molar-refractivity contribution in [2.24, 2.45) is 5.73 Å². The van der Waals surface area contributed by atoms with Crippen LogP contribution in [0.25, 0.3) is 0 Å². The van der Waals surface area contributed by atoms with Crippen LogP contribution in [0.15, 0.2) is 6.07 Å². The van der Waals surface area contributed by atoms with Crippen LogP contribution in [0.5, 0.6) is 11.5 Å². The Balaban J connectivity index is 2.27. The molecule has 0 saturated carbocycles. The van der Waals surface area contributed by atoms with Gasteiger partial charge < -0.3 is 15.9 Å². The first kappa shape index (κ1) is 10.9. The molecule has 1 heterocycles. The fraction of sp³-hybridized carbons (Fsp3) is 0.538.